The zero-order chi connectivity index (χ0) is 19.4. The standard InChI is InChI=1S/C18H27N3O5/c1-18(2,3)26-17(24)21-12-15(22)19-10-7-11-20-16(23)13-25-14-8-5-4-6-9-14/h4-6,8-9H,7,10-13H2,1-3H3,(H,19,22)(H,20,23)(H,21,24). The van der Waals surface area contributed by atoms with Gasteiger partial charge in [0, 0.05) is 13.1 Å². The molecular weight excluding hydrogens is 338 g/mol. The fourth-order valence-corrected chi connectivity index (χ4v) is 1.79. The molecule has 0 saturated heterocycles. The molecule has 0 saturated carbocycles. The zero-order valence-corrected chi connectivity index (χ0v) is 15.5. The number of alkyl carbamates (subject to hydrolysis) is 1. The van der Waals surface area contributed by atoms with Crippen molar-refractivity contribution in [3.05, 3.63) is 30.3 Å². The van der Waals surface area contributed by atoms with Crippen LogP contribution in [-0.2, 0) is 14.3 Å². The lowest BCUT2D eigenvalue weighted by Crippen LogP contribution is -2.40. The second-order valence-corrected chi connectivity index (χ2v) is 6.51. The molecule has 0 aliphatic rings. The lowest BCUT2D eigenvalue weighted by molar-refractivity contribution is -0.123. The van der Waals surface area contributed by atoms with Gasteiger partial charge in [-0.15, -0.1) is 0 Å². The van der Waals surface area contributed by atoms with E-state index in [2.05, 4.69) is 16.0 Å². The molecule has 0 aromatic heterocycles. The smallest absolute Gasteiger partial charge is 0.408 e. The highest BCUT2D eigenvalue weighted by atomic mass is 16.6. The first-order valence-corrected chi connectivity index (χ1v) is 8.44. The number of benzene rings is 1. The fraction of sp³-hybridized carbons (Fsp3) is 0.500. The van der Waals surface area contributed by atoms with Gasteiger partial charge >= 0.3 is 6.09 Å². The molecule has 0 spiro atoms. The Kier molecular flexibility index (Phi) is 8.97. The molecule has 0 radical (unpaired) electrons. The molecule has 3 amide bonds. The minimum absolute atomic E-state index is 0.0593. The fourth-order valence-electron chi connectivity index (χ4n) is 1.79. The van der Waals surface area contributed by atoms with Crippen molar-refractivity contribution in [3.8, 4) is 5.75 Å². The Morgan fingerprint density at radius 3 is 2.15 bits per heavy atom. The summed E-state index contributed by atoms with van der Waals surface area (Å²) in [6.45, 7) is 5.80. The summed E-state index contributed by atoms with van der Waals surface area (Å²) >= 11 is 0. The minimum atomic E-state index is -0.640. The van der Waals surface area contributed by atoms with Crippen molar-refractivity contribution in [1.82, 2.24) is 16.0 Å². The van der Waals surface area contributed by atoms with E-state index < -0.39 is 11.7 Å². The van der Waals surface area contributed by atoms with Crippen LogP contribution in [0.2, 0.25) is 0 Å². The molecule has 0 unspecified atom stereocenters. The number of para-hydroxylation sites is 1. The molecule has 1 aromatic rings. The summed E-state index contributed by atoms with van der Waals surface area (Å²) in [6, 6.07) is 9.06. The number of carbonyl (C=O) groups excluding carboxylic acids is 3. The van der Waals surface area contributed by atoms with Crippen molar-refractivity contribution in [2.24, 2.45) is 0 Å². The molecule has 1 rings (SSSR count). The molecule has 0 bridgehead atoms. The maximum absolute atomic E-state index is 11.6. The summed E-state index contributed by atoms with van der Waals surface area (Å²) in [5.41, 5.74) is -0.608. The van der Waals surface area contributed by atoms with Crippen LogP contribution in [0.25, 0.3) is 0 Å². The summed E-state index contributed by atoms with van der Waals surface area (Å²) in [5, 5.41) is 7.71. The van der Waals surface area contributed by atoms with Gasteiger partial charge in [-0.2, -0.15) is 0 Å². The predicted octanol–water partition coefficient (Wildman–Crippen LogP) is 1.21. The topological polar surface area (TPSA) is 106 Å². The minimum Gasteiger partial charge on any atom is -0.484 e. The summed E-state index contributed by atoms with van der Waals surface area (Å²) in [5.74, 6) is 0.0776. The number of ether oxygens (including phenoxy) is 2. The van der Waals surface area contributed by atoms with Crippen molar-refractivity contribution in [2.75, 3.05) is 26.2 Å². The Morgan fingerprint density at radius 2 is 1.54 bits per heavy atom. The van der Waals surface area contributed by atoms with Crippen LogP contribution < -0.4 is 20.7 Å². The highest BCUT2D eigenvalue weighted by molar-refractivity contribution is 5.82. The molecule has 0 heterocycles. The zero-order valence-electron chi connectivity index (χ0n) is 15.5. The van der Waals surface area contributed by atoms with Crippen LogP contribution in [0.5, 0.6) is 5.75 Å². The monoisotopic (exact) mass is 365 g/mol. The molecular formula is C18H27N3O5. The molecule has 1 aromatic carbocycles. The van der Waals surface area contributed by atoms with E-state index in [0.29, 0.717) is 25.3 Å². The van der Waals surface area contributed by atoms with E-state index in [0.717, 1.165) is 0 Å². The van der Waals surface area contributed by atoms with E-state index in [4.69, 9.17) is 9.47 Å². The van der Waals surface area contributed by atoms with Crippen LogP contribution >= 0.6 is 0 Å². The molecule has 26 heavy (non-hydrogen) atoms. The van der Waals surface area contributed by atoms with Crippen molar-refractivity contribution >= 4 is 17.9 Å². The van der Waals surface area contributed by atoms with E-state index in [1.165, 1.54) is 0 Å². The first-order valence-electron chi connectivity index (χ1n) is 8.44. The largest absolute Gasteiger partial charge is 0.484 e. The van der Waals surface area contributed by atoms with Crippen LogP contribution in [-0.4, -0.2) is 49.7 Å². The highest BCUT2D eigenvalue weighted by Crippen LogP contribution is 2.07. The number of hydrogen-bond acceptors (Lipinski definition) is 5. The Labute approximate surface area is 153 Å². The Morgan fingerprint density at radius 1 is 0.923 bits per heavy atom. The van der Waals surface area contributed by atoms with Crippen LogP contribution in [0.1, 0.15) is 27.2 Å². The molecule has 3 N–H and O–H groups in total. The van der Waals surface area contributed by atoms with Crippen molar-refractivity contribution in [1.29, 1.82) is 0 Å². The second-order valence-electron chi connectivity index (χ2n) is 6.51. The molecule has 0 aliphatic heterocycles. The molecule has 0 fully saturated rings. The van der Waals surface area contributed by atoms with Gasteiger partial charge in [-0.1, -0.05) is 18.2 Å². The second kappa shape index (κ2) is 11.0. The van der Waals surface area contributed by atoms with Crippen molar-refractivity contribution in [3.63, 3.8) is 0 Å². The first-order chi connectivity index (χ1) is 12.3. The van der Waals surface area contributed by atoms with E-state index in [1.54, 1.807) is 32.9 Å². The average molecular weight is 365 g/mol. The average Bonchev–Trinajstić information content (AvgIpc) is 2.57. The van der Waals surface area contributed by atoms with Gasteiger partial charge in [0.15, 0.2) is 6.61 Å². The van der Waals surface area contributed by atoms with Gasteiger partial charge in [0.1, 0.15) is 11.4 Å². The van der Waals surface area contributed by atoms with Crippen molar-refractivity contribution in [2.45, 2.75) is 32.8 Å². The lowest BCUT2D eigenvalue weighted by atomic mass is 10.2. The molecule has 8 heteroatoms. The quantitative estimate of drug-likeness (QED) is 0.571. The van der Waals surface area contributed by atoms with E-state index in [-0.39, 0.29) is 25.0 Å². The molecule has 8 nitrogen and oxygen atoms in total. The Balaban J connectivity index is 2.03. The third-order valence-electron chi connectivity index (χ3n) is 2.90. The molecule has 0 atom stereocenters. The summed E-state index contributed by atoms with van der Waals surface area (Å²) in [4.78, 5) is 34.6. The summed E-state index contributed by atoms with van der Waals surface area (Å²) in [7, 11) is 0. The van der Waals surface area contributed by atoms with Gasteiger partial charge in [0.25, 0.3) is 5.91 Å². The SMILES string of the molecule is CC(C)(C)OC(=O)NCC(=O)NCCCNC(=O)COc1ccccc1. The molecule has 0 aliphatic carbocycles. The van der Waals surface area contributed by atoms with E-state index in [9.17, 15) is 14.4 Å². The number of hydrogen-bond donors (Lipinski definition) is 3. The third kappa shape index (κ3) is 10.9. The maximum Gasteiger partial charge on any atom is 0.408 e. The van der Waals surface area contributed by atoms with Gasteiger partial charge in [-0.25, -0.2) is 4.79 Å². The predicted molar refractivity (Wildman–Crippen MR) is 96.8 cm³/mol. The number of rotatable bonds is 9. The van der Waals surface area contributed by atoms with E-state index >= 15 is 0 Å². The van der Waals surface area contributed by atoms with Crippen LogP contribution in [0.15, 0.2) is 30.3 Å². The normalized spacial score (nSPS) is 10.6. The van der Waals surface area contributed by atoms with Crippen LogP contribution in [0.4, 0.5) is 4.79 Å². The maximum atomic E-state index is 11.6. The Hall–Kier alpha value is -2.77. The first kappa shape index (κ1) is 21.3. The Bertz CT molecular complexity index is 584. The van der Waals surface area contributed by atoms with Crippen LogP contribution in [0, 0.1) is 0 Å². The van der Waals surface area contributed by atoms with Crippen LogP contribution in [0.3, 0.4) is 0 Å². The molecule has 144 valence electrons. The number of nitrogens with one attached hydrogen (secondary N) is 3. The highest BCUT2D eigenvalue weighted by Gasteiger charge is 2.16. The third-order valence-corrected chi connectivity index (χ3v) is 2.90. The van der Waals surface area contributed by atoms with Gasteiger partial charge < -0.3 is 25.4 Å². The van der Waals surface area contributed by atoms with Gasteiger partial charge in [-0.3, -0.25) is 9.59 Å². The number of carbonyl (C=O) groups is 3. The lowest BCUT2D eigenvalue weighted by Gasteiger charge is -2.19. The van der Waals surface area contributed by atoms with E-state index in [1.807, 2.05) is 18.2 Å². The van der Waals surface area contributed by atoms with Gasteiger partial charge in [0.05, 0.1) is 6.54 Å². The summed E-state index contributed by atoms with van der Waals surface area (Å²) < 4.78 is 10.3. The number of amides is 3. The summed E-state index contributed by atoms with van der Waals surface area (Å²) in [6.07, 6.45) is -0.0757. The van der Waals surface area contributed by atoms with Gasteiger partial charge in [-0.05, 0) is 39.3 Å². The van der Waals surface area contributed by atoms with Gasteiger partial charge in [0.2, 0.25) is 5.91 Å². The van der Waals surface area contributed by atoms with Crippen molar-refractivity contribution < 1.29 is 23.9 Å².